The SMILES string of the molecule is O=C(NN=Cc1ccccc1Br)c1cnccn1. The molecule has 0 radical (unpaired) electrons. The van der Waals surface area contributed by atoms with Crippen molar-refractivity contribution in [2.75, 3.05) is 0 Å². The molecular formula is C12H9BrN4O. The number of amides is 1. The van der Waals surface area contributed by atoms with Crippen molar-refractivity contribution < 1.29 is 4.79 Å². The molecule has 0 spiro atoms. The Morgan fingerprint density at radius 3 is 2.89 bits per heavy atom. The summed E-state index contributed by atoms with van der Waals surface area (Å²) in [6, 6.07) is 7.56. The summed E-state index contributed by atoms with van der Waals surface area (Å²) in [6.07, 6.45) is 5.88. The third-order valence-corrected chi connectivity index (χ3v) is 2.79. The molecule has 6 heteroatoms. The Morgan fingerprint density at radius 1 is 1.33 bits per heavy atom. The molecule has 0 bridgehead atoms. The Balaban J connectivity index is 2.00. The maximum Gasteiger partial charge on any atom is 0.291 e. The van der Waals surface area contributed by atoms with Crippen LogP contribution in [0.4, 0.5) is 0 Å². The van der Waals surface area contributed by atoms with E-state index in [1.807, 2.05) is 24.3 Å². The first kappa shape index (κ1) is 12.4. The molecule has 0 aliphatic heterocycles. The molecule has 18 heavy (non-hydrogen) atoms. The van der Waals surface area contributed by atoms with E-state index in [4.69, 9.17) is 0 Å². The second-order valence-corrected chi connectivity index (χ2v) is 4.17. The van der Waals surface area contributed by atoms with Crippen LogP contribution < -0.4 is 5.43 Å². The molecule has 0 atom stereocenters. The average Bonchev–Trinajstić information content (AvgIpc) is 2.42. The molecule has 90 valence electrons. The topological polar surface area (TPSA) is 67.2 Å². The van der Waals surface area contributed by atoms with Gasteiger partial charge in [0.1, 0.15) is 5.69 Å². The van der Waals surface area contributed by atoms with Crippen molar-refractivity contribution in [3.8, 4) is 0 Å². The maximum atomic E-state index is 11.6. The fraction of sp³-hybridized carbons (Fsp3) is 0. The minimum Gasteiger partial charge on any atom is -0.265 e. The highest BCUT2D eigenvalue weighted by Gasteiger charge is 2.04. The lowest BCUT2D eigenvalue weighted by molar-refractivity contribution is 0.0950. The minimum absolute atomic E-state index is 0.224. The van der Waals surface area contributed by atoms with Crippen molar-refractivity contribution in [1.82, 2.24) is 15.4 Å². The summed E-state index contributed by atoms with van der Waals surface area (Å²) in [5, 5.41) is 3.86. The highest BCUT2D eigenvalue weighted by atomic mass is 79.9. The van der Waals surface area contributed by atoms with Gasteiger partial charge in [-0.25, -0.2) is 10.4 Å². The van der Waals surface area contributed by atoms with E-state index in [9.17, 15) is 4.79 Å². The predicted molar refractivity (Wildman–Crippen MR) is 71.2 cm³/mol. The molecular weight excluding hydrogens is 296 g/mol. The van der Waals surface area contributed by atoms with E-state index >= 15 is 0 Å². The summed E-state index contributed by atoms with van der Waals surface area (Å²) >= 11 is 3.38. The fourth-order valence-corrected chi connectivity index (χ4v) is 1.60. The van der Waals surface area contributed by atoms with Crippen LogP contribution in [-0.2, 0) is 0 Å². The zero-order valence-corrected chi connectivity index (χ0v) is 10.8. The van der Waals surface area contributed by atoms with Crippen LogP contribution in [0.1, 0.15) is 16.1 Å². The van der Waals surface area contributed by atoms with Crippen LogP contribution in [0.5, 0.6) is 0 Å². The number of aromatic nitrogens is 2. The molecule has 0 unspecified atom stereocenters. The number of hydrazone groups is 1. The Hall–Kier alpha value is -2.08. The number of carbonyl (C=O) groups excluding carboxylic acids is 1. The minimum atomic E-state index is -0.397. The standard InChI is InChI=1S/C12H9BrN4O/c13-10-4-2-1-3-9(10)7-16-17-12(18)11-8-14-5-6-15-11/h1-8H,(H,17,18). The summed E-state index contributed by atoms with van der Waals surface area (Å²) in [5.41, 5.74) is 3.48. The van der Waals surface area contributed by atoms with E-state index in [0.717, 1.165) is 10.0 Å². The van der Waals surface area contributed by atoms with Gasteiger partial charge in [-0.05, 0) is 6.07 Å². The molecule has 5 nitrogen and oxygen atoms in total. The Bertz CT molecular complexity index is 571. The largest absolute Gasteiger partial charge is 0.291 e. The summed E-state index contributed by atoms with van der Waals surface area (Å²) < 4.78 is 0.905. The third kappa shape index (κ3) is 3.21. The Kier molecular flexibility index (Phi) is 4.14. The Labute approximate surface area is 112 Å². The van der Waals surface area contributed by atoms with Crippen LogP contribution in [-0.4, -0.2) is 22.1 Å². The van der Waals surface area contributed by atoms with Crippen molar-refractivity contribution in [3.63, 3.8) is 0 Å². The zero-order chi connectivity index (χ0) is 12.8. The van der Waals surface area contributed by atoms with Gasteiger partial charge in [0.2, 0.25) is 0 Å². The molecule has 1 N–H and O–H groups in total. The van der Waals surface area contributed by atoms with E-state index in [-0.39, 0.29) is 5.69 Å². The number of halogens is 1. The molecule has 0 aliphatic rings. The second kappa shape index (κ2) is 6.02. The molecule has 0 fully saturated rings. The number of nitrogens with zero attached hydrogens (tertiary/aromatic N) is 3. The third-order valence-electron chi connectivity index (χ3n) is 2.07. The Morgan fingerprint density at radius 2 is 2.17 bits per heavy atom. The van der Waals surface area contributed by atoms with Gasteiger partial charge in [-0.1, -0.05) is 34.1 Å². The van der Waals surface area contributed by atoms with Gasteiger partial charge >= 0.3 is 0 Å². The predicted octanol–water partition coefficient (Wildman–Crippen LogP) is 2.00. The highest BCUT2D eigenvalue weighted by molar-refractivity contribution is 9.10. The van der Waals surface area contributed by atoms with E-state index < -0.39 is 5.91 Å². The van der Waals surface area contributed by atoms with Crippen molar-refractivity contribution in [2.24, 2.45) is 5.10 Å². The van der Waals surface area contributed by atoms with Gasteiger partial charge in [0.05, 0.1) is 12.4 Å². The van der Waals surface area contributed by atoms with Crippen LogP contribution in [0.3, 0.4) is 0 Å². The molecule has 1 aromatic heterocycles. The van der Waals surface area contributed by atoms with Gasteiger partial charge in [0, 0.05) is 22.4 Å². The highest BCUT2D eigenvalue weighted by Crippen LogP contribution is 2.13. The summed E-state index contributed by atoms with van der Waals surface area (Å²) in [5.74, 6) is -0.397. The van der Waals surface area contributed by atoms with E-state index in [1.54, 1.807) is 6.21 Å². The molecule has 2 aromatic rings. The van der Waals surface area contributed by atoms with Gasteiger partial charge in [-0.2, -0.15) is 5.10 Å². The number of benzene rings is 1. The van der Waals surface area contributed by atoms with Gasteiger partial charge in [0.25, 0.3) is 5.91 Å². The summed E-state index contributed by atoms with van der Waals surface area (Å²) in [6.45, 7) is 0. The molecule has 2 rings (SSSR count). The quantitative estimate of drug-likeness (QED) is 0.696. The number of carbonyl (C=O) groups is 1. The lowest BCUT2D eigenvalue weighted by Crippen LogP contribution is -2.19. The first-order chi connectivity index (χ1) is 8.77. The smallest absolute Gasteiger partial charge is 0.265 e. The van der Waals surface area contributed by atoms with Crippen LogP contribution in [0.2, 0.25) is 0 Å². The molecule has 1 heterocycles. The fourth-order valence-electron chi connectivity index (χ4n) is 1.21. The number of rotatable bonds is 3. The maximum absolute atomic E-state index is 11.6. The normalized spacial score (nSPS) is 10.5. The average molecular weight is 305 g/mol. The monoisotopic (exact) mass is 304 g/mol. The van der Waals surface area contributed by atoms with Crippen LogP contribution in [0.25, 0.3) is 0 Å². The second-order valence-electron chi connectivity index (χ2n) is 3.31. The van der Waals surface area contributed by atoms with Crippen molar-refractivity contribution in [1.29, 1.82) is 0 Å². The van der Waals surface area contributed by atoms with Crippen molar-refractivity contribution in [2.45, 2.75) is 0 Å². The first-order valence-electron chi connectivity index (χ1n) is 5.11. The van der Waals surface area contributed by atoms with E-state index in [0.29, 0.717) is 0 Å². The molecule has 0 aliphatic carbocycles. The number of hydrogen-bond donors (Lipinski definition) is 1. The van der Waals surface area contributed by atoms with Crippen LogP contribution >= 0.6 is 15.9 Å². The van der Waals surface area contributed by atoms with E-state index in [1.165, 1.54) is 18.6 Å². The van der Waals surface area contributed by atoms with Gasteiger partial charge in [-0.3, -0.25) is 9.78 Å². The summed E-state index contributed by atoms with van der Waals surface area (Å²) in [4.78, 5) is 19.2. The lowest BCUT2D eigenvalue weighted by atomic mass is 10.2. The van der Waals surface area contributed by atoms with Crippen molar-refractivity contribution >= 4 is 28.1 Å². The number of hydrogen-bond acceptors (Lipinski definition) is 4. The van der Waals surface area contributed by atoms with E-state index in [2.05, 4.69) is 36.4 Å². The van der Waals surface area contributed by atoms with Gasteiger partial charge in [0.15, 0.2) is 0 Å². The molecule has 1 aromatic carbocycles. The molecule has 0 saturated heterocycles. The molecule has 0 saturated carbocycles. The first-order valence-corrected chi connectivity index (χ1v) is 5.90. The van der Waals surface area contributed by atoms with Gasteiger partial charge in [-0.15, -0.1) is 0 Å². The van der Waals surface area contributed by atoms with Gasteiger partial charge < -0.3 is 0 Å². The van der Waals surface area contributed by atoms with Crippen LogP contribution in [0, 0.1) is 0 Å². The number of nitrogens with one attached hydrogen (secondary N) is 1. The van der Waals surface area contributed by atoms with Crippen molar-refractivity contribution in [3.05, 3.63) is 58.6 Å². The summed E-state index contributed by atoms with van der Waals surface area (Å²) in [7, 11) is 0. The lowest BCUT2D eigenvalue weighted by Gasteiger charge is -1.98. The molecule has 1 amide bonds. The zero-order valence-electron chi connectivity index (χ0n) is 9.25. The van der Waals surface area contributed by atoms with Crippen LogP contribution in [0.15, 0.2) is 52.4 Å².